The van der Waals surface area contributed by atoms with Gasteiger partial charge in [0.05, 0.1) is 13.2 Å². The molecule has 2 heterocycles. The Labute approximate surface area is 87.5 Å². The van der Waals surface area contributed by atoms with Gasteiger partial charge in [-0.25, -0.2) is 4.79 Å². The largest absolute Gasteiger partial charge is 0.466 e. The molecule has 3 unspecified atom stereocenters. The molecule has 4 nitrogen and oxygen atoms in total. The zero-order chi connectivity index (χ0) is 10.4. The number of carbonyl (C=O) groups is 1. The average Bonchev–Trinajstić information content (AvgIpc) is 2.70. The van der Waals surface area contributed by atoms with Gasteiger partial charge >= 0.3 is 5.97 Å². The minimum Gasteiger partial charge on any atom is -0.466 e. The number of esters is 1. The number of alkyl halides is 1. The number of halogens is 1. The van der Waals surface area contributed by atoms with E-state index in [1.54, 1.807) is 0 Å². The number of hydrogen-bond acceptors (Lipinski definition) is 4. The normalized spacial score (nSPS) is 46.4. The van der Waals surface area contributed by atoms with Crippen molar-refractivity contribution in [3.05, 3.63) is 0 Å². The third kappa shape index (κ3) is 1.25. The molecule has 0 bridgehead atoms. The fourth-order valence-electron chi connectivity index (χ4n) is 2.04. The maximum absolute atomic E-state index is 11.4. The Hall–Kier alpha value is -0.320. The van der Waals surface area contributed by atoms with Gasteiger partial charge in [0.15, 0.2) is 0 Å². The van der Waals surface area contributed by atoms with Crippen molar-refractivity contribution in [3.8, 4) is 0 Å². The Balaban J connectivity index is 2.10. The summed E-state index contributed by atoms with van der Waals surface area (Å²) < 4.78 is 15.3. The lowest BCUT2D eigenvalue weighted by molar-refractivity contribution is -0.143. The number of rotatable bonds is 1. The van der Waals surface area contributed by atoms with Crippen LogP contribution in [0.2, 0.25) is 0 Å². The van der Waals surface area contributed by atoms with E-state index >= 15 is 0 Å². The van der Waals surface area contributed by atoms with E-state index in [0.717, 1.165) is 0 Å². The summed E-state index contributed by atoms with van der Waals surface area (Å²) in [5, 5.41) is -1.26. The highest BCUT2D eigenvalue weighted by molar-refractivity contribution is 6.36. The van der Waals surface area contributed by atoms with E-state index in [1.807, 2.05) is 6.92 Å². The van der Waals surface area contributed by atoms with Crippen LogP contribution in [0.25, 0.3) is 0 Å². The van der Waals surface area contributed by atoms with E-state index in [9.17, 15) is 4.79 Å². The van der Waals surface area contributed by atoms with E-state index in [-0.39, 0.29) is 6.10 Å². The van der Waals surface area contributed by atoms with Gasteiger partial charge in [-0.3, -0.25) is 0 Å². The highest BCUT2D eigenvalue weighted by atomic mass is 35.5. The van der Waals surface area contributed by atoms with Crippen LogP contribution in [0.4, 0.5) is 0 Å². The highest BCUT2D eigenvalue weighted by Gasteiger charge is 2.75. The summed E-state index contributed by atoms with van der Waals surface area (Å²) >= 11 is 6.04. The molecule has 0 aromatic rings. The first-order valence-electron chi connectivity index (χ1n) is 4.63. The topological polar surface area (TPSA) is 48.1 Å². The molecule has 2 rings (SSSR count). The van der Waals surface area contributed by atoms with Gasteiger partial charge in [-0.1, -0.05) is 11.6 Å². The van der Waals surface area contributed by atoms with Crippen LogP contribution in [0, 0.1) is 0 Å². The molecule has 80 valence electrons. The SMILES string of the molecule is COC(=O)C1(Cl)OC12CCOC(C)C2. The Kier molecular flexibility index (Phi) is 2.25. The lowest BCUT2D eigenvalue weighted by Gasteiger charge is -2.25. The summed E-state index contributed by atoms with van der Waals surface area (Å²) in [5.41, 5.74) is -0.556. The molecule has 2 saturated heterocycles. The molecule has 0 radical (unpaired) electrons. The van der Waals surface area contributed by atoms with Crippen molar-refractivity contribution in [2.45, 2.75) is 36.5 Å². The predicted octanol–water partition coefficient (Wildman–Crippen LogP) is 1.06. The summed E-state index contributed by atoms with van der Waals surface area (Å²) in [6, 6.07) is 0. The Morgan fingerprint density at radius 3 is 2.93 bits per heavy atom. The number of ether oxygens (including phenoxy) is 3. The lowest BCUT2D eigenvalue weighted by atomic mass is 9.92. The van der Waals surface area contributed by atoms with Crippen molar-refractivity contribution in [1.29, 1.82) is 0 Å². The molecule has 2 fully saturated rings. The third-order valence-corrected chi connectivity index (χ3v) is 3.43. The van der Waals surface area contributed by atoms with Gasteiger partial charge < -0.3 is 14.2 Å². The maximum Gasteiger partial charge on any atom is 0.357 e. The van der Waals surface area contributed by atoms with E-state index < -0.39 is 16.6 Å². The summed E-state index contributed by atoms with van der Waals surface area (Å²) in [4.78, 5) is 11.4. The van der Waals surface area contributed by atoms with E-state index in [2.05, 4.69) is 4.74 Å². The molecule has 14 heavy (non-hydrogen) atoms. The van der Waals surface area contributed by atoms with Crippen LogP contribution in [0.15, 0.2) is 0 Å². The van der Waals surface area contributed by atoms with E-state index in [0.29, 0.717) is 19.4 Å². The minimum atomic E-state index is -1.26. The second kappa shape index (κ2) is 3.08. The van der Waals surface area contributed by atoms with Gasteiger partial charge in [-0.15, -0.1) is 0 Å². The first-order chi connectivity index (χ1) is 6.54. The fraction of sp³-hybridized carbons (Fsp3) is 0.889. The fourth-order valence-corrected chi connectivity index (χ4v) is 2.43. The van der Waals surface area contributed by atoms with Crippen LogP contribution < -0.4 is 0 Å². The Morgan fingerprint density at radius 1 is 1.64 bits per heavy atom. The maximum atomic E-state index is 11.4. The zero-order valence-corrected chi connectivity index (χ0v) is 8.97. The van der Waals surface area contributed by atoms with Crippen LogP contribution in [-0.2, 0) is 19.0 Å². The lowest BCUT2D eigenvalue weighted by Crippen LogP contribution is -2.38. The molecule has 0 aromatic heterocycles. The molecule has 0 N–H and O–H groups in total. The van der Waals surface area contributed by atoms with Gasteiger partial charge in [0, 0.05) is 19.4 Å². The molecule has 0 aromatic carbocycles. The number of epoxide rings is 1. The van der Waals surface area contributed by atoms with Crippen LogP contribution in [-0.4, -0.2) is 36.5 Å². The molecule has 2 aliphatic rings. The predicted molar refractivity (Wildman–Crippen MR) is 49.1 cm³/mol. The van der Waals surface area contributed by atoms with Crippen LogP contribution in [0.3, 0.4) is 0 Å². The summed E-state index contributed by atoms with van der Waals surface area (Å²) in [5.74, 6) is -0.506. The molecule has 0 amide bonds. The molecule has 3 atom stereocenters. The van der Waals surface area contributed by atoms with Crippen molar-refractivity contribution in [3.63, 3.8) is 0 Å². The zero-order valence-electron chi connectivity index (χ0n) is 8.21. The second-order valence-corrected chi connectivity index (χ2v) is 4.35. The summed E-state index contributed by atoms with van der Waals surface area (Å²) in [7, 11) is 1.31. The summed E-state index contributed by atoms with van der Waals surface area (Å²) in [6.45, 7) is 2.52. The average molecular weight is 221 g/mol. The molecule has 5 heteroatoms. The number of methoxy groups -OCH3 is 1. The molecule has 0 aliphatic carbocycles. The van der Waals surface area contributed by atoms with Crippen LogP contribution in [0.5, 0.6) is 0 Å². The van der Waals surface area contributed by atoms with Crippen molar-refractivity contribution in [2.24, 2.45) is 0 Å². The first-order valence-corrected chi connectivity index (χ1v) is 5.01. The number of carbonyl (C=O) groups excluding carboxylic acids is 1. The van der Waals surface area contributed by atoms with Crippen molar-refractivity contribution in [1.82, 2.24) is 0 Å². The van der Waals surface area contributed by atoms with Gasteiger partial charge in [0.1, 0.15) is 5.60 Å². The second-order valence-electron chi connectivity index (χ2n) is 3.82. The third-order valence-electron chi connectivity index (χ3n) is 2.85. The Bertz CT molecular complexity index is 270. The molecule has 0 saturated carbocycles. The van der Waals surface area contributed by atoms with Crippen LogP contribution in [0.1, 0.15) is 19.8 Å². The molecule has 1 spiro atoms. The first kappa shape index (κ1) is 10.2. The molecule has 2 aliphatic heterocycles. The number of hydrogen-bond donors (Lipinski definition) is 0. The smallest absolute Gasteiger partial charge is 0.357 e. The highest BCUT2D eigenvalue weighted by Crippen LogP contribution is 2.58. The van der Waals surface area contributed by atoms with Gasteiger partial charge in [-0.2, -0.15) is 0 Å². The van der Waals surface area contributed by atoms with Crippen molar-refractivity contribution < 1.29 is 19.0 Å². The van der Waals surface area contributed by atoms with Crippen molar-refractivity contribution >= 4 is 17.6 Å². The van der Waals surface area contributed by atoms with Gasteiger partial charge in [0.2, 0.25) is 0 Å². The van der Waals surface area contributed by atoms with Crippen LogP contribution >= 0.6 is 11.6 Å². The standard InChI is InChI=1S/C9H13ClO4/c1-6-5-8(3-4-13-6)9(10,14-8)7(11)12-2/h6H,3-5H2,1-2H3. The molecular weight excluding hydrogens is 208 g/mol. The molecular formula is C9H13ClO4. The summed E-state index contributed by atoms with van der Waals surface area (Å²) in [6.07, 6.45) is 1.37. The minimum absolute atomic E-state index is 0.0778. The van der Waals surface area contributed by atoms with E-state index in [1.165, 1.54) is 7.11 Å². The van der Waals surface area contributed by atoms with Crippen molar-refractivity contribution in [2.75, 3.05) is 13.7 Å². The monoisotopic (exact) mass is 220 g/mol. The van der Waals surface area contributed by atoms with Gasteiger partial charge in [-0.05, 0) is 6.92 Å². The van der Waals surface area contributed by atoms with E-state index in [4.69, 9.17) is 21.1 Å². The van der Waals surface area contributed by atoms with Gasteiger partial charge in [0.25, 0.3) is 5.06 Å². The Morgan fingerprint density at radius 2 is 2.36 bits per heavy atom. The quantitative estimate of drug-likeness (QED) is 0.377.